The van der Waals surface area contributed by atoms with E-state index in [9.17, 15) is 4.79 Å². The zero-order valence-corrected chi connectivity index (χ0v) is 15.0. The molecule has 1 aromatic heterocycles. The van der Waals surface area contributed by atoms with Crippen molar-refractivity contribution in [3.63, 3.8) is 0 Å². The van der Waals surface area contributed by atoms with Crippen LogP contribution in [0.1, 0.15) is 54.1 Å². The number of benzene rings is 1. The number of nitrogens with zero attached hydrogens (tertiary/aromatic N) is 3. The number of rotatable bonds is 5. The molecule has 1 aliphatic heterocycles. The first kappa shape index (κ1) is 17.4. The Labute approximate surface area is 149 Å². The van der Waals surface area contributed by atoms with Gasteiger partial charge in [-0.25, -0.2) is 9.97 Å². The molecule has 1 aromatic carbocycles. The molecule has 2 aromatic rings. The van der Waals surface area contributed by atoms with Crippen LogP contribution in [0.4, 0.5) is 5.95 Å². The highest BCUT2D eigenvalue weighted by Gasteiger charge is 2.26. The van der Waals surface area contributed by atoms with Gasteiger partial charge in [0.2, 0.25) is 5.95 Å². The predicted octanol–water partition coefficient (Wildman–Crippen LogP) is 3.80. The van der Waals surface area contributed by atoms with E-state index in [1.54, 1.807) is 12.4 Å². The fraction of sp³-hybridized carbons (Fsp3) is 0.450. The standard InChI is InChI=1S/C20H26N4O/c1-3-18-9-4-5-10-24(18)19(25)17-13-22-20(23-14-17)21-12-16-8-6-7-15(2)11-16/h6-8,11,13-14,18H,3-5,9-10,12H2,1-2H3,(H,21,22,23). The van der Waals surface area contributed by atoms with Crippen LogP contribution in [0, 0.1) is 6.92 Å². The van der Waals surface area contributed by atoms with Gasteiger partial charge in [0.05, 0.1) is 5.56 Å². The fourth-order valence-electron chi connectivity index (χ4n) is 3.39. The number of nitrogens with one attached hydrogen (secondary N) is 1. The molecule has 0 radical (unpaired) electrons. The molecule has 3 rings (SSSR count). The Morgan fingerprint density at radius 3 is 2.80 bits per heavy atom. The number of hydrogen-bond donors (Lipinski definition) is 1. The molecule has 1 fully saturated rings. The molecule has 1 atom stereocenters. The predicted molar refractivity (Wildman–Crippen MR) is 99.5 cm³/mol. The monoisotopic (exact) mass is 338 g/mol. The van der Waals surface area contributed by atoms with Crippen molar-refractivity contribution in [3.05, 3.63) is 53.3 Å². The van der Waals surface area contributed by atoms with Crippen LogP contribution in [0.15, 0.2) is 36.7 Å². The summed E-state index contributed by atoms with van der Waals surface area (Å²) in [4.78, 5) is 23.3. The van der Waals surface area contributed by atoms with Crippen LogP contribution < -0.4 is 5.32 Å². The average Bonchev–Trinajstić information content (AvgIpc) is 2.66. The van der Waals surface area contributed by atoms with Crippen LogP contribution in [0.25, 0.3) is 0 Å². The summed E-state index contributed by atoms with van der Waals surface area (Å²) in [5, 5.41) is 3.21. The van der Waals surface area contributed by atoms with Crippen molar-refractivity contribution in [2.75, 3.05) is 11.9 Å². The highest BCUT2D eigenvalue weighted by molar-refractivity contribution is 5.94. The van der Waals surface area contributed by atoms with Gasteiger partial charge in [-0.05, 0) is 38.2 Å². The van der Waals surface area contributed by atoms with E-state index in [4.69, 9.17) is 0 Å². The molecule has 0 saturated carbocycles. The Morgan fingerprint density at radius 2 is 2.08 bits per heavy atom. The van der Waals surface area contributed by atoms with Crippen molar-refractivity contribution in [1.29, 1.82) is 0 Å². The lowest BCUT2D eigenvalue weighted by atomic mass is 9.99. The summed E-state index contributed by atoms with van der Waals surface area (Å²) in [7, 11) is 0. The number of amides is 1. The zero-order chi connectivity index (χ0) is 17.6. The molecule has 1 N–H and O–H groups in total. The quantitative estimate of drug-likeness (QED) is 0.901. The zero-order valence-electron chi connectivity index (χ0n) is 15.0. The van der Waals surface area contributed by atoms with Crippen molar-refractivity contribution in [3.8, 4) is 0 Å². The first-order valence-corrected chi connectivity index (χ1v) is 9.10. The van der Waals surface area contributed by atoms with Gasteiger partial charge in [-0.2, -0.15) is 0 Å². The summed E-state index contributed by atoms with van der Waals surface area (Å²) >= 11 is 0. The van der Waals surface area contributed by atoms with Gasteiger partial charge in [-0.3, -0.25) is 4.79 Å². The second-order valence-corrected chi connectivity index (χ2v) is 6.69. The second kappa shape index (κ2) is 8.10. The van der Waals surface area contributed by atoms with Crippen molar-refractivity contribution < 1.29 is 4.79 Å². The van der Waals surface area contributed by atoms with E-state index in [0.29, 0.717) is 24.1 Å². The lowest BCUT2D eigenvalue weighted by Gasteiger charge is -2.35. The molecular weight excluding hydrogens is 312 g/mol. The molecule has 132 valence electrons. The maximum Gasteiger partial charge on any atom is 0.257 e. The van der Waals surface area contributed by atoms with Crippen LogP contribution in [0.5, 0.6) is 0 Å². The Kier molecular flexibility index (Phi) is 5.64. The van der Waals surface area contributed by atoms with Gasteiger partial charge in [0.15, 0.2) is 0 Å². The minimum absolute atomic E-state index is 0.0526. The summed E-state index contributed by atoms with van der Waals surface area (Å²) in [5.74, 6) is 0.598. The van der Waals surface area contributed by atoms with Gasteiger partial charge in [0.25, 0.3) is 5.91 Å². The van der Waals surface area contributed by atoms with Gasteiger partial charge in [-0.15, -0.1) is 0 Å². The van der Waals surface area contributed by atoms with E-state index in [1.165, 1.54) is 17.5 Å². The summed E-state index contributed by atoms with van der Waals surface area (Å²) in [6.07, 6.45) is 7.66. The maximum atomic E-state index is 12.7. The molecule has 0 spiro atoms. The molecule has 1 saturated heterocycles. The Bertz CT molecular complexity index is 714. The number of carbonyl (C=O) groups is 1. The molecule has 1 unspecified atom stereocenters. The molecule has 0 bridgehead atoms. The van der Waals surface area contributed by atoms with E-state index in [2.05, 4.69) is 47.3 Å². The van der Waals surface area contributed by atoms with E-state index in [1.807, 2.05) is 11.0 Å². The lowest BCUT2D eigenvalue weighted by Crippen LogP contribution is -2.43. The molecule has 5 heteroatoms. The van der Waals surface area contributed by atoms with Gasteiger partial charge in [-0.1, -0.05) is 36.8 Å². The molecule has 1 amide bonds. The molecule has 5 nitrogen and oxygen atoms in total. The summed E-state index contributed by atoms with van der Waals surface area (Å²) in [6.45, 7) is 5.72. The largest absolute Gasteiger partial charge is 0.350 e. The smallest absolute Gasteiger partial charge is 0.257 e. The van der Waals surface area contributed by atoms with Gasteiger partial charge >= 0.3 is 0 Å². The SMILES string of the molecule is CCC1CCCCN1C(=O)c1cnc(NCc2cccc(C)c2)nc1. The number of anilines is 1. The van der Waals surface area contributed by atoms with Crippen LogP contribution in [0.3, 0.4) is 0 Å². The lowest BCUT2D eigenvalue weighted by molar-refractivity contribution is 0.0607. The third-order valence-electron chi connectivity index (χ3n) is 4.79. The highest BCUT2D eigenvalue weighted by atomic mass is 16.2. The first-order chi connectivity index (χ1) is 12.2. The van der Waals surface area contributed by atoms with Crippen LogP contribution in [0.2, 0.25) is 0 Å². The Morgan fingerprint density at radius 1 is 1.28 bits per heavy atom. The van der Waals surface area contributed by atoms with Crippen molar-refractivity contribution in [2.24, 2.45) is 0 Å². The molecule has 0 aliphatic carbocycles. The molecular formula is C20H26N4O. The summed E-state index contributed by atoms with van der Waals surface area (Å²) in [6, 6.07) is 8.66. The first-order valence-electron chi connectivity index (χ1n) is 9.10. The van der Waals surface area contributed by atoms with E-state index >= 15 is 0 Å². The Balaban J connectivity index is 1.62. The number of aromatic nitrogens is 2. The number of carbonyl (C=O) groups excluding carboxylic acids is 1. The minimum Gasteiger partial charge on any atom is -0.350 e. The maximum absolute atomic E-state index is 12.7. The van der Waals surface area contributed by atoms with Crippen LogP contribution >= 0.6 is 0 Å². The van der Waals surface area contributed by atoms with Gasteiger partial charge in [0.1, 0.15) is 0 Å². The third kappa shape index (κ3) is 4.35. The van der Waals surface area contributed by atoms with Crippen molar-refractivity contribution >= 4 is 11.9 Å². The van der Waals surface area contributed by atoms with Crippen LogP contribution in [-0.2, 0) is 6.54 Å². The van der Waals surface area contributed by atoms with E-state index in [0.717, 1.165) is 25.8 Å². The Hall–Kier alpha value is -2.43. The second-order valence-electron chi connectivity index (χ2n) is 6.69. The molecule has 2 heterocycles. The summed E-state index contributed by atoms with van der Waals surface area (Å²) < 4.78 is 0. The number of likely N-dealkylation sites (tertiary alicyclic amines) is 1. The number of aryl methyl sites for hydroxylation is 1. The van der Waals surface area contributed by atoms with E-state index in [-0.39, 0.29) is 5.91 Å². The molecule has 1 aliphatic rings. The van der Waals surface area contributed by atoms with E-state index < -0.39 is 0 Å². The number of hydrogen-bond acceptors (Lipinski definition) is 4. The normalized spacial score (nSPS) is 17.4. The topological polar surface area (TPSA) is 58.1 Å². The van der Waals surface area contributed by atoms with Crippen molar-refractivity contribution in [1.82, 2.24) is 14.9 Å². The number of piperidine rings is 1. The van der Waals surface area contributed by atoms with Crippen LogP contribution in [-0.4, -0.2) is 33.4 Å². The minimum atomic E-state index is 0.0526. The van der Waals surface area contributed by atoms with Gasteiger partial charge < -0.3 is 10.2 Å². The third-order valence-corrected chi connectivity index (χ3v) is 4.79. The fourth-order valence-corrected chi connectivity index (χ4v) is 3.39. The molecule has 25 heavy (non-hydrogen) atoms. The van der Waals surface area contributed by atoms with Crippen molar-refractivity contribution in [2.45, 2.75) is 52.1 Å². The van der Waals surface area contributed by atoms with Gasteiger partial charge in [0, 0.05) is 31.5 Å². The highest BCUT2D eigenvalue weighted by Crippen LogP contribution is 2.21. The summed E-state index contributed by atoms with van der Waals surface area (Å²) in [5.41, 5.74) is 2.98. The average molecular weight is 338 g/mol.